The Kier molecular flexibility index (Phi) is 6.87. The van der Waals surface area contributed by atoms with Crippen LogP contribution in [0.4, 0.5) is 11.6 Å². The fourth-order valence-corrected chi connectivity index (χ4v) is 4.16. The highest BCUT2D eigenvalue weighted by atomic mass is 79.9. The summed E-state index contributed by atoms with van der Waals surface area (Å²) in [7, 11) is 1.63. The molecule has 1 N–H and O–H groups in total. The first-order valence-corrected chi connectivity index (χ1v) is 12.1. The fraction of sp³-hybridized carbons (Fsp3) is 0.0333. The van der Waals surface area contributed by atoms with E-state index in [0.717, 1.165) is 43.6 Å². The number of fused-ring (bicyclic) bond motifs is 1. The molecule has 4 aromatic carbocycles. The largest absolute Gasteiger partial charge is 0.497 e. The smallest absolute Gasteiger partial charge is 0.228 e. The molecule has 176 valence electrons. The first-order chi connectivity index (χ1) is 17.6. The molecule has 5 aromatic rings. The van der Waals surface area contributed by atoms with E-state index >= 15 is 0 Å². The molecule has 0 unspecified atom stereocenters. The van der Waals surface area contributed by atoms with Crippen LogP contribution in [-0.2, 0) is 0 Å². The van der Waals surface area contributed by atoms with E-state index in [1.54, 1.807) is 31.4 Å². The number of carbonyl (C=O) groups is 1. The molecule has 0 radical (unpaired) electrons. The highest BCUT2D eigenvalue weighted by Crippen LogP contribution is 2.30. The zero-order chi connectivity index (χ0) is 24.9. The summed E-state index contributed by atoms with van der Waals surface area (Å²) in [6.07, 6.45) is 3.36. The molecule has 1 aromatic heterocycles. The summed E-state index contributed by atoms with van der Waals surface area (Å²) >= 11 is 3.55. The number of anilines is 2. The molecule has 0 aliphatic carbocycles. The summed E-state index contributed by atoms with van der Waals surface area (Å²) in [6.45, 7) is 0. The maximum atomic E-state index is 12.6. The average Bonchev–Trinajstić information content (AvgIpc) is 2.92. The second-order valence-corrected chi connectivity index (χ2v) is 9.01. The lowest BCUT2D eigenvalue weighted by Gasteiger charge is -2.11. The Hall–Kier alpha value is -4.29. The Morgan fingerprint density at radius 1 is 0.889 bits per heavy atom. The van der Waals surface area contributed by atoms with Crippen molar-refractivity contribution in [3.63, 3.8) is 0 Å². The SMILES string of the molecule is COc1ccc(/C=C/C(=O)c2ccc(Nc3nc(-c4ccccc4)c4cc(Br)ccc4n3)cc2)cc1. The lowest BCUT2D eigenvalue weighted by Crippen LogP contribution is -2.01. The molecule has 0 atom stereocenters. The van der Waals surface area contributed by atoms with Gasteiger partial charge in [0.2, 0.25) is 5.95 Å². The number of hydrogen-bond donors (Lipinski definition) is 1. The molecule has 1 heterocycles. The first-order valence-electron chi connectivity index (χ1n) is 11.4. The van der Waals surface area contributed by atoms with Gasteiger partial charge in [0.05, 0.1) is 18.3 Å². The van der Waals surface area contributed by atoms with E-state index in [1.165, 1.54) is 0 Å². The Labute approximate surface area is 217 Å². The van der Waals surface area contributed by atoms with Gasteiger partial charge in [0, 0.05) is 26.7 Å². The van der Waals surface area contributed by atoms with Crippen LogP contribution in [0.15, 0.2) is 108 Å². The van der Waals surface area contributed by atoms with E-state index in [2.05, 4.69) is 21.2 Å². The summed E-state index contributed by atoms with van der Waals surface area (Å²) in [6, 6.07) is 30.8. The average molecular weight is 536 g/mol. The molecule has 0 fully saturated rings. The van der Waals surface area contributed by atoms with Gasteiger partial charge in [-0.15, -0.1) is 0 Å². The number of nitrogens with zero attached hydrogens (tertiary/aromatic N) is 2. The van der Waals surface area contributed by atoms with Crippen LogP contribution in [0.3, 0.4) is 0 Å². The van der Waals surface area contributed by atoms with E-state index < -0.39 is 0 Å². The van der Waals surface area contributed by atoms with Crippen LogP contribution in [0.2, 0.25) is 0 Å². The first kappa shape index (κ1) is 23.5. The Morgan fingerprint density at radius 3 is 2.36 bits per heavy atom. The standard InChI is InChI=1S/C30H22BrN3O2/c1-36-25-15-7-20(8-16-25)9-18-28(35)21-10-13-24(14-11-21)32-30-33-27-17-12-23(31)19-26(27)29(34-30)22-5-3-2-4-6-22/h2-19H,1H3,(H,32,33,34)/b18-9+. The minimum Gasteiger partial charge on any atom is -0.497 e. The van der Waals surface area contributed by atoms with Crippen molar-refractivity contribution in [2.45, 2.75) is 0 Å². The molecule has 6 heteroatoms. The Balaban J connectivity index is 1.37. The molecule has 36 heavy (non-hydrogen) atoms. The van der Waals surface area contributed by atoms with Crippen LogP contribution in [0.1, 0.15) is 15.9 Å². The van der Waals surface area contributed by atoms with Crippen molar-refractivity contribution >= 4 is 50.3 Å². The zero-order valence-corrected chi connectivity index (χ0v) is 21.1. The van der Waals surface area contributed by atoms with E-state index in [-0.39, 0.29) is 5.78 Å². The minimum absolute atomic E-state index is 0.0729. The lowest BCUT2D eigenvalue weighted by atomic mass is 10.1. The number of allylic oxidation sites excluding steroid dienone is 1. The van der Waals surface area contributed by atoms with Gasteiger partial charge >= 0.3 is 0 Å². The number of carbonyl (C=O) groups excluding carboxylic acids is 1. The summed E-state index contributed by atoms with van der Waals surface area (Å²) in [4.78, 5) is 22.1. The number of rotatable bonds is 7. The monoisotopic (exact) mass is 535 g/mol. The van der Waals surface area contributed by atoms with Crippen LogP contribution in [-0.4, -0.2) is 22.9 Å². The summed E-state index contributed by atoms with van der Waals surface area (Å²) in [5, 5.41) is 4.24. The topological polar surface area (TPSA) is 64.1 Å². The normalized spacial score (nSPS) is 11.1. The van der Waals surface area contributed by atoms with Crippen LogP contribution >= 0.6 is 15.9 Å². The third-order valence-corrected chi connectivity index (χ3v) is 6.17. The van der Waals surface area contributed by atoms with Crippen molar-refractivity contribution in [2.24, 2.45) is 0 Å². The fourth-order valence-electron chi connectivity index (χ4n) is 3.80. The number of aromatic nitrogens is 2. The quantitative estimate of drug-likeness (QED) is 0.171. The predicted molar refractivity (Wildman–Crippen MR) is 149 cm³/mol. The summed E-state index contributed by atoms with van der Waals surface area (Å²) in [5.74, 6) is 1.19. The maximum Gasteiger partial charge on any atom is 0.228 e. The molecule has 0 bridgehead atoms. The minimum atomic E-state index is -0.0729. The molecule has 5 rings (SSSR count). The third-order valence-electron chi connectivity index (χ3n) is 5.67. The second-order valence-electron chi connectivity index (χ2n) is 8.10. The van der Waals surface area contributed by atoms with E-state index in [9.17, 15) is 4.79 Å². The zero-order valence-electron chi connectivity index (χ0n) is 19.5. The van der Waals surface area contributed by atoms with Crippen molar-refractivity contribution in [2.75, 3.05) is 12.4 Å². The number of benzene rings is 4. The van der Waals surface area contributed by atoms with Crippen LogP contribution in [0.25, 0.3) is 28.2 Å². The summed E-state index contributed by atoms with van der Waals surface area (Å²) in [5.41, 5.74) is 5.01. The molecule has 0 aliphatic rings. The van der Waals surface area contributed by atoms with E-state index in [4.69, 9.17) is 14.7 Å². The van der Waals surface area contributed by atoms with Crippen molar-refractivity contribution in [3.05, 3.63) is 119 Å². The summed E-state index contributed by atoms with van der Waals surface area (Å²) < 4.78 is 6.13. The van der Waals surface area contributed by atoms with Crippen molar-refractivity contribution in [3.8, 4) is 17.0 Å². The van der Waals surface area contributed by atoms with Gasteiger partial charge in [-0.1, -0.05) is 64.5 Å². The van der Waals surface area contributed by atoms with Gasteiger partial charge in [0.15, 0.2) is 5.78 Å². The van der Waals surface area contributed by atoms with Gasteiger partial charge in [-0.2, -0.15) is 0 Å². The molecular formula is C30H22BrN3O2. The number of nitrogens with one attached hydrogen (secondary N) is 1. The number of methoxy groups -OCH3 is 1. The molecular weight excluding hydrogens is 514 g/mol. The van der Waals surface area contributed by atoms with Gasteiger partial charge in [0.1, 0.15) is 5.75 Å². The van der Waals surface area contributed by atoms with Gasteiger partial charge in [-0.25, -0.2) is 9.97 Å². The lowest BCUT2D eigenvalue weighted by molar-refractivity contribution is 0.104. The molecule has 0 saturated carbocycles. The number of ketones is 1. The van der Waals surface area contributed by atoms with Crippen LogP contribution < -0.4 is 10.1 Å². The van der Waals surface area contributed by atoms with Crippen molar-refractivity contribution in [1.82, 2.24) is 9.97 Å². The molecule has 0 aliphatic heterocycles. The molecule has 0 spiro atoms. The maximum absolute atomic E-state index is 12.6. The van der Waals surface area contributed by atoms with Gasteiger partial charge in [0.25, 0.3) is 0 Å². The van der Waals surface area contributed by atoms with Crippen LogP contribution in [0, 0.1) is 0 Å². The highest BCUT2D eigenvalue weighted by molar-refractivity contribution is 9.10. The molecule has 5 nitrogen and oxygen atoms in total. The van der Waals surface area contributed by atoms with Crippen LogP contribution in [0.5, 0.6) is 5.75 Å². The number of ether oxygens (including phenoxy) is 1. The second kappa shape index (κ2) is 10.5. The van der Waals surface area contributed by atoms with Crippen molar-refractivity contribution in [1.29, 1.82) is 0 Å². The molecule has 0 amide bonds. The number of hydrogen-bond acceptors (Lipinski definition) is 5. The van der Waals surface area contributed by atoms with Crippen molar-refractivity contribution < 1.29 is 9.53 Å². The highest BCUT2D eigenvalue weighted by Gasteiger charge is 2.11. The van der Waals surface area contributed by atoms with E-state index in [0.29, 0.717) is 11.5 Å². The van der Waals surface area contributed by atoms with Gasteiger partial charge in [-0.3, -0.25) is 4.79 Å². The Bertz CT molecular complexity index is 1550. The Morgan fingerprint density at radius 2 is 1.64 bits per heavy atom. The van der Waals surface area contributed by atoms with E-state index in [1.807, 2.05) is 84.9 Å². The predicted octanol–water partition coefficient (Wildman–Crippen LogP) is 7.71. The third kappa shape index (κ3) is 5.34. The van der Waals surface area contributed by atoms with Gasteiger partial charge < -0.3 is 10.1 Å². The number of halogens is 1. The van der Waals surface area contributed by atoms with Gasteiger partial charge in [-0.05, 0) is 66.2 Å². The molecule has 0 saturated heterocycles.